The lowest BCUT2D eigenvalue weighted by atomic mass is 10.0. The van der Waals surface area contributed by atoms with E-state index < -0.39 is 56.0 Å². The third kappa shape index (κ3) is 6.06. The van der Waals surface area contributed by atoms with Crippen LogP contribution in [0.15, 0.2) is 0 Å². The standard InChI is InChI=1S/C8H2Cl4F12OS/c9-2(10)3(13,26-8(22,23)24)1(25-7(19,20)21)4(11,12)5(14,15)6(16,17)18/h1-2H. The summed E-state index contributed by atoms with van der Waals surface area (Å²) in [4.78, 5) is -3.30. The zero-order valence-electron chi connectivity index (χ0n) is 11.0. The van der Waals surface area contributed by atoms with Crippen molar-refractivity contribution in [3.63, 3.8) is 0 Å². The van der Waals surface area contributed by atoms with E-state index in [4.69, 9.17) is 23.2 Å². The number of hydrogen-bond donors (Lipinski definition) is 0. The molecule has 0 aromatic carbocycles. The number of halogens is 16. The normalized spacial score (nSPS) is 18.8. The summed E-state index contributed by atoms with van der Waals surface area (Å²) in [6, 6.07) is 0. The third-order valence-electron chi connectivity index (χ3n) is 2.28. The van der Waals surface area contributed by atoms with E-state index in [2.05, 4.69) is 27.9 Å². The van der Waals surface area contributed by atoms with E-state index in [1.165, 1.54) is 0 Å². The maximum atomic E-state index is 14.5. The van der Waals surface area contributed by atoms with E-state index in [0.717, 1.165) is 0 Å². The first kappa shape index (κ1) is 26.6. The van der Waals surface area contributed by atoms with E-state index in [-0.39, 0.29) is 0 Å². The quantitative estimate of drug-likeness (QED) is 0.279. The molecule has 2 atom stereocenters. The molecule has 0 saturated heterocycles. The van der Waals surface area contributed by atoms with Crippen LogP contribution in [0.3, 0.4) is 0 Å². The number of alkyl halides is 16. The summed E-state index contributed by atoms with van der Waals surface area (Å²) in [7, 11) is 0. The van der Waals surface area contributed by atoms with Crippen LogP contribution in [0.4, 0.5) is 52.7 Å². The van der Waals surface area contributed by atoms with Crippen molar-refractivity contribution in [2.45, 2.75) is 44.2 Å². The lowest BCUT2D eigenvalue weighted by molar-refractivity contribution is -0.367. The van der Waals surface area contributed by atoms with Gasteiger partial charge in [0.25, 0.3) is 0 Å². The van der Waals surface area contributed by atoms with Crippen molar-refractivity contribution < 1.29 is 57.4 Å². The van der Waals surface area contributed by atoms with Gasteiger partial charge in [0.1, 0.15) is 0 Å². The summed E-state index contributed by atoms with van der Waals surface area (Å²) in [6.45, 7) is 0. The minimum Gasteiger partial charge on any atom is -0.281 e. The number of thioether (sulfide) groups is 1. The van der Waals surface area contributed by atoms with Gasteiger partial charge in [-0.2, -0.15) is 35.1 Å². The maximum absolute atomic E-state index is 14.5. The second-order valence-electron chi connectivity index (χ2n) is 4.18. The second kappa shape index (κ2) is 7.81. The molecule has 0 spiro atoms. The molecule has 0 aromatic heterocycles. The third-order valence-corrected chi connectivity index (χ3v) is 5.04. The molecule has 0 rings (SSSR count). The summed E-state index contributed by atoms with van der Waals surface area (Å²) in [5.74, 6) is -6.59. The van der Waals surface area contributed by atoms with Crippen LogP contribution in [-0.2, 0) is 4.74 Å². The Morgan fingerprint density at radius 2 is 1.12 bits per heavy atom. The Morgan fingerprint density at radius 3 is 1.35 bits per heavy atom. The molecule has 26 heavy (non-hydrogen) atoms. The Labute approximate surface area is 160 Å². The van der Waals surface area contributed by atoms with Crippen LogP contribution in [0.25, 0.3) is 0 Å². The molecule has 0 saturated carbocycles. The average Bonchev–Trinajstić information content (AvgIpc) is 2.30. The first-order valence-electron chi connectivity index (χ1n) is 5.30. The fraction of sp³-hybridized carbons (Fsp3) is 1.00. The Balaban J connectivity index is 6.55. The summed E-state index contributed by atoms with van der Waals surface area (Å²) >= 11 is 16.5. The highest BCUT2D eigenvalue weighted by atomic mass is 35.5. The van der Waals surface area contributed by atoms with Crippen LogP contribution < -0.4 is 0 Å². The molecule has 0 bridgehead atoms. The molecule has 0 aromatic rings. The van der Waals surface area contributed by atoms with Gasteiger partial charge >= 0.3 is 24.0 Å². The average molecular weight is 516 g/mol. The van der Waals surface area contributed by atoms with Crippen molar-refractivity contribution in [2.75, 3.05) is 0 Å². The molecular weight excluding hydrogens is 514 g/mol. The van der Waals surface area contributed by atoms with E-state index in [9.17, 15) is 52.7 Å². The van der Waals surface area contributed by atoms with Gasteiger partial charge in [-0.15, -0.1) is 36.4 Å². The Morgan fingerprint density at radius 1 is 0.731 bits per heavy atom. The molecule has 2 unspecified atom stereocenters. The van der Waals surface area contributed by atoms with E-state index in [1.807, 2.05) is 0 Å². The van der Waals surface area contributed by atoms with Gasteiger partial charge in [0.15, 0.2) is 10.9 Å². The maximum Gasteiger partial charge on any atom is 0.523 e. The largest absolute Gasteiger partial charge is 0.523 e. The van der Waals surface area contributed by atoms with Gasteiger partial charge < -0.3 is 0 Å². The number of hydrogen-bond acceptors (Lipinski definition) is 2. The van der Waals surface area contributed by atoms with Crippen LogP contribution >= 0.6 is 58.2 Å². The highest BCUT2D eigenvalue weighted by Gasteiger charge is 2.77. The van der Waals surface area contributed by atoms with Crippen molar-refractivity contribution in [3.05, 3.63) is 0 Å². The molecule has 0 aliphatic carbocycles. The van der Waals surface area contributed by atoms with Gasteiger partial charge in [-0.05, 0) is 11.8 Å². The molecule has 0 N–H and O–H groups in total. The number of ether oxygens (including phenoxy) is 1. The lowest BCUT2D eigenvalue weighted by Gasteiger charge is -2.43. The Bertz CT molecular complexity index is 484. The van der Waals surface area contributed by atoms with E-state index in [1.54, 1.807) is 0 Å². The van der Waals surface area contributed by atoms with Crippen LogP contribution in [0.2, 0.25) is 0 Å². The SMILES string of the molecule is FC(F)(F)OC(C(F)(SC(F)(F)F)C(Cl)Cl)C(Cl)(Cl)C(F)(F)C(F)(F)F. The topological polar surface area (TPSA) is 9.23 Å². The highest BCUT2D eigenvalue weighted by molar-refractivity contribution is 8.01. The summed E-state index contributed by atoms with van der Waals surface area (Å²) in [5.41, 5.74) is -5.87. The van der Waals surface area contributed by atoms with Crippen molar-refractivity contribution in [1.29, 1.82) is 0 Å². The zero-order valence-corrected chi connectivity index (χ0v) is 14.9. The number of rotatable bonds is 6. The van der Waals surface area contributed by atoms with Gasteiger partial charge in [0, 0.05) is 0 Å². The van der Waals surface area contributed by atoms with Gasteiger partial charge in [-0.1, -0.05) is 23.2 Å². The minimum atomic E-state index is -6.82. The highest BCUT2D eigenvalue weighted by Crippen LogP contribution is 2.60. The predicted octanol–water partition coefficient (Wildman–Crippen LogP) is 6.99. The second-order valence-corrected chi connectivity index (χ2v) is 7.96. The molecule has 0 amide bonds. The fourth-order valence-electron chi connectivity index (χ4n) is 1.28. The molecule has 0 aliphatic heterocycles. The molecule has 18 heteroatoms. The van der Waals surface area contributed by atoms with Crippen molar-refractivity contribution in [2.24, 2.45) is 0 Å². The van der Waals surface area contributed by atoms with Crippen molar-refractivity contribution >= 4 is 58.2 Å². The molecule has 0 fully saturated rings. The smallest absolute Gasteiger partial charge is 0.281 e. The Kier molecular flexibility index (Phi) is 8.00. The van der Waals surface area contributed by atoms with Gasteiger partial charge in [-0.3, -0.25) is 4.74 Å². The first-order valence-corrected chi connectivity index (χ1v) is 7.74. The van der Waals surface area contributed by atoms with Gasteiger partial charge in [0.2, 0.25) is 9.33 Å². The minimum absolute atomic E-state index is 2.21. The van der Waals surface area contributed by atoms with Gasteiger partial charge in [0.05, 0.1) is 0 Å². The monoisotopic (exact) mass is 514 g/mol. The van der Waals surface area contributed by atoms with E-state index >= 15 is 0 Å². The molecule has 158 valence electrons. The van der Waals surface area contributed by atoms with Crippen LogP contribution in [0.5, 0.6) is 0 Å². The Hall–Kier alpha value is 0.630. The molecule has 0 radical (unpaired) electrons. The molecule has 1 nitrogen and oxygen atoms in total. The predicted molar refractivity (Wildman–Crippen MR) is 69.3 cm³/mol. The summed E-state index contributed by atoms with van der Waals surface area (Å²) < 4.78 is 150. The summed E-state index contributed by atoms with van der Waals surface area (Å²) in [6.07, 6.45) is -17.7. The van der Waals surface area contributed by atoms with Crippen LogP contribution in [-0.4, -0.2) is 44.2 Å². The van der Waals surface area contributed by atoms with Crippen LogP contribution in [0.1, 0.15) is 0 Å². The molecular formula is C8H2Cl4F12OS. The van der Waals surface area contributed by atoms with Gasteiger partial charge in [-0.25, -0.2) is 4.39 Å². The van der Waals surface area contributed by atoms with Crippen LogP contribution in [0, 0.1) is 0 Å². The lowest BCUT2D eigenvalue weighted by Crippen LogP contribution is -2.64. The van der Waals surface area contributed by atoms with Crippen molar-refractivity contribution in [1.82, 2.24) is 0 Å². The molecule has 0 heterocycles. The zero-order chi connectivity index (χ0) is 21.6. The fourth-order valence-corrected chi connectivity index (χ4v) is 3.30. The van der Waals surface area contributed by atoms with Crippen molar-refractivity contribution in [3.8, 4) is 0 Å². The molecule has 0 aliphatic rings. The van der Waals surface area contributed by atoms with E-state index in [0.29, 0.717) is 0 Å². The summed E-state index contributed by atoms with van der Waals surface area (Å²) in [5, 5.41) is -5.05. The first-order chi connectivity index (χ1) is 11.0.